The topological polar surface area (TPSA) is 42.2 Å². The number of hydrogen-bond donors (Lipinski definition) is 1. The van der Waals surface area contributed by atoms with Gasteiger partial charge in [0.05, 0.1) is 11.6 Å². The van der Waals surface area contributed by atoms with E-state index in [1.165, 1.54) is 12.1 Å². The van der Waals surface area contributed by atoms with Crippen molar-refractivity contribution in [3.63, 3.8) is 0 Å². The quantitative estimate of drug-likeness (QED) is 0.726. The number of halogens is 2. The zero-order valence-electron chi connectivity index (χ0n) is 11.8. The number of carbonyl (C=O) groups is 1. The molecular formula is C17H13BrFNO2. The van der Waals surface area contributed by atoms with Crippen molar-refractivity contribution >= 4 is 32.8 Å². The van der Waals surface area contributed by atoms with Crippen molar-refractivity contribution in [3.05, 3.63) is 70.1 Å². The van der Waals surface area contributed by atoms with Crippen molar-refractivity contribution in [3.8, 4) is 0 Å². The second kappa shape index (κ2) is 5.93. The van der Waals surface area contributed by atoms with Crippen LogP contribution in [0.25, 0.3) is 11.0 Å². The molecule has 1 atom stereocenters. The van der Waals surface area contributed by atoms with E-state index >= 15 is 0 Å². The van der Waals surface area contributed by atoms with E-state index in [0.29, 0.717) is 10.2 Å². The molecule has 1 amide bonds. The molecule has 0 aliphatic heterocycles. The molecule has 0 spiro atoms. The van der Waals surface area contributed by atoms with E-state index in [0.717, 1.165) is 11.0 Å². The van der Waals surface area contributed by atoms with E-state index in [9.17, 15) is 9.18 Å². The minimum Gasteiger partial charge on any atom is -0.459 e. The Morgan fingerprint density at radius 2 is 2.00 bits per heavy atom. The summed E-state index contributed by atoms with van der Waals surface area (Å²) >= 11 is 3.23. The third-order valence-electron chi connectivity index (χ3n) is 3.39. The summed E-state index contributed by atoms with van der Waals surface area (Å²) in [5.74, 6) is -0.408. The van der Waals surface area contributed by atoms with Gasteiger partial charge in [-0.05, 0) is 37.3 Å². The fourth-order valence-corrected chi connectivity index (χ4v) is 2.59. The van der Waals surface area contributed by atoms with Crippen LogP contribution in [0.4, 0.5) is 4.39 Å². The van der Waals surface area contributed by atoms with Crippen LogP contribution in [-0.2, 0) is 0 Å². The second-order valence-corrected chi connectivity index (χ2v) is 5.92. The van der Waals surface area contributed by atoms with E-state index < -0.39 is 11.7 Å². The Labute approximate surface area is 135 Å². The van der Waals surface area contributed by atoms with Gasteiger partial charge in [0.2, 0.25) is 0 Å². The number of furan rings is 1. The van der Waals surface area contributed by atoms with Crippen LogP contribution in [0.2, 0.25) is 0 Å². The standard InChI is InChI=1S/C17H13BrFNO2/c1-10(16-8-11-4-2-3-5-15(11)22-16)20-17(21)13-9-12(18)6-7-14(13)19/h2-10H,1H3,(H,20,21). The summed E-state index contributed by atoms with van der Waals surface area (Å²) in [6.07, 6.45) is 0. The summed E-state index contributed by atoms with van der Waals surface area (Å²) < 4.78 is 20.1. The largest absolute Gasteiger partial charge is 0.459 e. The maximum atomic E-state index is 13.7. The monoisotopic (exact) mass is 361 g/mol. The molecule has 1 aromatic heterocycles. The van der Waals surface area contributed by atoms with E-state index in [1.807, 2.05) is 30.3 Å². The highest BCUT2D eigenvalue weighted by Crippen LogP contribution is 2.24. The van der Waals surface area contributed by atoms with Crippen LogP contribution in [0.1, 0.15) is 29.1 Å². The van der Waals surface area contributed by atoms with Gasteiger partial charge in [-0.3, -0.25) is 4.79 Å². The highest BCUT2D eigenvalue weighted by molar-refractivity contribution is 9.10. The predicted octanol–water partition coefficient (Wildman–Crippen LogP) is 4.83. The number of para-hydroxylation sites is 1. The molecule has 3 aromatic rings. The maximum Gasteiger partial charge on any atom is 0.254 e. The predicted molar refractivity (Wildman–Crippen MR) is 86.2 cm³/mol. The first-order chi connectivity index (χ1) is 10.5. The molecule has 0 saturated carbocycles. The second-order valence-electron chi connectivity index (χ2n) is 5.01. The van der Waals surface area contributed by atoms with Crippen LogP contribution in [0.3, 0.4) is 0 Å². The van der Waals surface area contributed by atoms with Crippen LogP contribution in [-0.4, -0.2) is 5.91 Å². The molecule has 1 heterocycles. The molecular weight excluding hydrogens is 349 g/mol. The van der Waals surface area contributed by atoms with Crippen molar-refractivity contribution in [2.24, 2.45) is 0 Å². The molecule has 0 bridgehead atoms. The zero-order valence-corrected chi connectivity index (χ0v) is 13.4. The number of amides is 1. The molecule has 3 nitrogen and oxygen atoms in total. The van der Waals surface area contributed by atoms with E-state index in [1.54, 1.807) is 13.0 Å². The molecule has 0 saturated heterocycles. The third-order valence-corrected chi connectivity index (χ3v) is 3.89. The van der Waals surface area contributed by atoms with Crippen LogP contribution >= 0.6 is 15.9 Å². The van der Waals surface area contributed by atoms with Gasteiger partial charge in [0.25, 0.3) is 5.91 Å². The summed E-state index contributed by atoms with van der Waals surface area (Å²) in [5.41, 5.74) is 0.754. The molecule has 5 heteroatoms. The molecule has 112 valence electrons. The lowest BCUT2D eigenvalue weighted by Gasteiger charge is -2.12. The minimum absolute atomic E-state index is 0.00247. The van der Waals surface area contributed by atoms with Crippen molar-refractivity contribution in [2.75, 3.05) is 0 Å². The molecule has 0 aliphatic rings. The van der Waals surface area contributed by atoms with Gasteiger partial charge in [-0.1, -0.05) is 34.1 Å². The Morgan fingerprint density at radius 1 is 1.23 bits per heavy atom. The van der Waals surface area contributed by atoms with Gasteiger partial charge in [0.1, 0.15) is 17.2 Å². The molecule has 0 aliphatic carbocycles. The first-order valence-corrected chi connectivity index (χ1v) is 7.58. The number of carbonyl (C=O) groups excluding carboxylic acids is 1. The van der Waals surface area contributed by atoms with E-state index in [4.69, 9.17) is 4.42 Å². The minimum atomic E-state index is -0.558. The van der Waals surface area contributed by atoms with Crippen molar-refractivity contribution in [2.45, 2.75) is 13.0 Å². The van der Waals surface area contributed by atoms with Crippen molar-refractivity contribution in [1.29, 1.82) is 0 Å². The Balaban J connectivity index is 1.82. The van der Waals surface area contributed by atoms with Crippen molar-refractivity contribution in [1.82, 2.24) is 5.32 Å². The Kier molecular flexibility index (Phi) is 3.98. The molecule has 1 N–H and O–H groups in total. The molecule has 2 aromatic carbocycles. The van der Waals surface area contributed by atoms with Gasteiger partial charge < -0.3 is 9.73 Å². The summed E-state index contributed by atoms with van der Waals surface area (Å²) in [4.78, 5) is 12.2. The summed E-state index contributed by atoms with van der Waals surface area (Å²) in [7, 11) is 0. The van der Waals surface area contributed by atoms with E-state index in [2.05, 4.69) is 21.2 Å². The molecule has 0 radical (unpaired) electrons. The van der Waals surface area contributed by atoms with Crippen LogP contribution in [0.15, 0.2) is 57.4 Å². The number of rotatable bonds is 3. The fourth-order valence-electron chi connectivity index (χ4n) is 2.23. The molecule has 3 rings (SSSR count). The Morgan fingerprint density at radius 3 is 2.77 bits per heavy atom. The molecule has 0 fully saturated rings. The highest BCUT2D eigenvalue weighted by atomic mass is 79.9. The van der Waals surface area contributed by atoms with Crippen molar-refractivity contribution < 1.29 is 13.6 Å². The van der Waals surface area contributed by atoms with Crippen LogP contribution in [0, 0.1) is 5.82 Å². The Hall–Kier alpha value is -2.14. The fraction of sp³-hybridized carbons (Fsp3) is 0.118. The smallest absolute Gasteiger partial charge is 0.254 e. The average molecular weight is 362 g/mol. The molecule has 1 unspecified atom stereocenters. The molecule has 22 heavy (non-hydrogen) atoms. The summed E-state index contributed by atoms with van der Waals surface area (Å²) in [6.45, 7) is 1.80. The number of benzene rings is 2. The normalized spacial score (nSPS) is 12.3. The van der Waals surface area contributed by atoms with Crippen LogP contribution in [0.5, 0.6) is 0 Å². The van der Waals surface area contributed by atoms with Gasteiger partial charge in [-0.25, -0.2) is 4.39 Å². The van der Waals surface area contributed by atoms with Gasteiger partial charge in [0.15, 0.2) is 0 Å². The first kappa shape index (κ1) is 14.8. The lowest BCUT2D eigenvalue weighted by atomic mass is 10.1. The SMILES string of the molecule is CC(NC(=O)c1cc(Br)ccc1F)c1cc2ccccc2o1. The van der Waals surface area contributed by atoms with Gasteiger partial charge in [-0.15, -0.1) is 0 Å². The van der Waals surface area contributed by atoms with Gasteiger partial charge >= 0.3 is 0 Å². The number of hydrogen-bond acceptors (Lipinski definition) is 2. The first-order valence-electron chi connectivity index (χ1n) is 6.79. The lowest BCUT2D eigenvalue weighted by molar-refractivity contribution is 0.0931. The number of nitrogens with one attached hydrogen (secondary N) is 1. The van der Waals surface area contributed by atoms with Crippen LogP contribution < -0.4 is 5.32 Å². The summed E-state index contributed by atoms with van der Waals surface area (Å²) in [6, 6.07) is 13.4. The maximum absolute atomic E-state index is 13.7. The highest BCUT2D eigenvalue weighted by Gasteiger charge is 2.18. The average Bonchev–Trinajstić information content (AvgIpc) is 2.93. The number of fused-ring (bicyclic) bond motifs is 1. The van der Waals surface area contributed by atoms with Gasteiger partial charge in [0, 0.05) is 9.86 Å². The summed E-state index contributed by atoms with van der Waals surface area (Å²) in [5, 5.41) is 3.71. The van der Waals surface area contributed by atoms with E-state index in [-0.39, 0.29) is 11.6 Å². The lowest BCUT2D eigenvalue weighted by Crippen LogP contribution is -2.27. The Bertz CT molecular complexity index is 811. The zero-order chi connectivity index (χ0) is 15.7. The third kappa shape index (κ3) is 2.90. The van der Waals surface area contributed by atoms with Gasteiger partial charge in [-0.2, -0.15) is 0 Å².